The van der Waals surface area contributed by atoms with Gasteiger partial charge in [-0.15, -0.1) is 0 Å². The van der Waals surface area contributed by atoms with Crippen LogP contribution in [0.5, 0.6) is 0 Å². The summed E-state index contributed by atoms with van der Waals surface area (Å²) in [4.78, 5) is 0. The predicted octanol–water partition coefficient (Wildman–Crippen LogP) is -3.09. The van der Waals surface area contributed by atoms with E-state index in [-0.39, 0.29) is 37.7 Å². The van der Waals surface area contributed by atoms with E-state index < -0.39 is 7.32 Å². The maximum absolute atomic E-state index is 8.19. The number of hydrogen-bond acceptors (Lipinski definition) is 4. The van der Waals surface area contributed by atoms with Gasteiger partial charge in [-0.1, -0.05) is 0 Å². The standard InChI is InChI=1S/BH3O3.Ca.Ho.O.2H/c2-1(3)4;;;;;/h2-4H;;;;;. The Bertz CT molecular complexity index is 22.9. The second-order valence-electron chi connectivity index (χ2n) is 0.346. The van der Waals surface area contributed by atoms with Crippen molar-refractivity contribution >= 4 is 45.1 Å². The van der Waals surface area contributed by atoms with Crippen LogP contribution in [0.4, 0.5) is 0 Å². The molecule has 0 aromatic rings. The predicted molar refractivity (Wildman–Crippen MR) is 21.6 cm³/mol. The third-order valence-electron chi connectivity index (χ3n) is 0. The van der Waals surface area contributed by atoms with Crippen molar-refractivity contribution in [2.24, 2.45) is 0 Å². The van der Waals surface area contributed by atoms with Crippen LogP contribution in [0.15, 0.2) is 0 Å². The van der Waals surface area contributed by atoms with Gasteiger partial charge in [-0.05, 0) is 0 Å². The van der Waals surface area contributed by atoms with Gasteiger partial charge in [-0.3, -0.25) is 0 Å². The fraction of sp³-hybridized carbons (Fsp3) is 0. The van der Waals surface area contributed by atoms with E-state index in [1.807, 2.05) is 0 Å². The molecule has 0 aromatic carbocycles. The summed E-state index contributed by atoms with van der Waals surface area (Å²) >= 11 is 1.03. The molecule has 0 saturated carbocycles. The van der Waals surface area contributed by atoms with Crippen molar-refractivity contribution in [1.82, 2.24) is 0 Å². The van der Waals surface area contributed by atoms with E-state index in [9.17, 15) is 0 Å². The topological polar surface area (TPSA) is 77.8 Å². The average Bonchev–Trinajstić information content (AvgIpc) is 1.41. The molecule has 0 saturated heterocycles. The zero-order valence-corrected chi connectivity index (χ0v) is 4.56. The summed E-state index contributed by atoms with van der Waals surface area (Å²) in [6.07, 6.45) is 0. The molecule has 0 fully saturated rings. The van der Waals surface area contributed by atoms with Crippen LogP contribution in [-0.2, 0) is 1.43 Å². The van der Waals surface area contributed by atoms with E-state index >= 15 is 0 Å². The van der Waals surface area contributed by atoms with Gasteiger partial charge in [0.1, 0.15) is 0 Å². The Morgan fingerprint density at radius 3 is 1.14 bits per heavy atom. The Balaban J connectivity index is -0.0000000480. The zero-order valence-electron chi connectivity index (χ0n) is 2.63. The van der Waals surface area contributed by atoms with E-state index in [1.54, 1.807) is 0 Å². The van der Waals surface area contributed by atoms with Crippen molar-refractivity contribution in [3.8, 4) is 0 Å². The van der Waals surface area contributed by atoms with Crippen molar-refractivity contribution < 1.29 is 52.4 Å². The van der Waals surface area contributed by atoms with Crippen LogP contribution in [0.25, 0.3) is 0 Å². The van der Waals surface area contributed by atoms with Crippen molar-refractivity contribution in [3.63, 3.8) is 0 Å². The second-order valence-corrected chi connectivity index (χ2v) is 0.346. The molecule has 3 N–H and O–H groups in total. The normalized spacial score (nSPS) is 4.71. The number of rotatable bonds is 0. The van der Waals surface area contributed by atoms with Gasteiger partial charge in [-0.2, -0.15) is 0 Å². The molecule has 0 unspecified atom stereocenters. The van der Waals surface area contributed by atoms with E-state index in [4.69, 9.17) is 16.5 Å². The summed E-state index contributed by atoms with van der Waals surface area (Å²) < 4.78 is 8.19. The summed E-state index contributed by atoms with van der Waals surface area (Å²) in [5.41, 5.74) is 0. The monoisotopic (exact) mass is 285 g/mol. The Hall–Kier alpha value is 2.26. The molecule has 0 atom stereocenters. The summed E-state index contributed by atoms with van der Waals surface area (Å²) in [7, 11) is -2.17. The van der Waals surface area contributed by atoms with Gasteiger partial charge >= 0.3 is 82.4 Å². The molecule has 0 aliphatic carbocycles. The first-order chi connectivity index (χ1) is 2.73. The van der Waals surface area contributed by atoms with Crippen LogP contribution in [-0.4, -0.2) is 60.1 Å². The zero-order chi connectivity index (χ0) is 5.58. The first-order valence-electron chi connectivity index (χ1n) is 0.898. The molecule has 0 amide bonds. The quantitative estimate of drug-likeness (QED) is 0.412. The van der Waals surface area contributed by atoms with Crippen molar-refractivity contribution in [2.45, 2.75) is 0 Å². The van der Waals surface area contributed by atoms with Gasteiger partial charge in [0.25, 0.3) is 0 Å². The van der Waals surface area contributed by atoms with Gasteiger partial charge in [0.05, 0.1) is 0 Å². The third-order valence-corrected chi connectivity index (χ3v) is 0. The van der Waals surface area contributed by atoms with Crippen LogP contribution in [0.1, 0.15) is 0 Å². The third kappa shape index (κ3) is 63.3. The summed E-state index contributed by atoms with van der Waals surface area (Å²) in [5.74, 6) is 0. The molecule has 0 aliphatic rings. The van der Waals surface area contributed by atoms with Gasteiger partial charge in [-0.25, -0.2) is 0 Å². The summed E-state index contributed by atoms with van der Waals surface area (Å²) in [5, 5.41) is 21.5. The average molecular weight is 285 g/mol. The van der Waals surface area contributed by atoms with Crippen LogP contribution in [0, 0.1) is 35.9 Å². The molecule has 0 spiro atoms. The molecule has 7 heavy (non-hydrogen) atoms. The fourth-order valence-electron chi connectivity index (χ4n) is 0. The SMILES string of the molecule is OB(O)O.[CaH2].[O]=[Ho]. The van der Waals surface area contributed by atoms with Crippen LogP contribution in [0.2, 0.25) is 0 Å². The summed E-state index contributed by atoms with van der Waals surface area (Å²) in [6.45, 7) is 0. The first kappa shape index (κ1) is 16.1. The minimum atomic E-state index is -2.17. The molecule has 7 heteroatoms. The molecule has 45 valence electrons. The maximum atomic E-state index is 8.19. The summed E-state index contributed by atoms with van der Waals surface area (Å²) in [6, 6.07) is 0. The second kappa shape index (κ2) is 15.7. The van der Waals surface area contributed by atoms with Crippen molar-refractivity contribution in [3.05, 3.63) is 0 Å². The number of hydrogen-bond donors (Lipinski definition) is 3. The molecule has 0 rings (SSSR count). The van der Waals surface area contributed by atoms with E-state index in [2.05, 4.69) is 0 Å². The fourth-order valence-corrected chi connectivity index (χ4v) is 0. The van der Waals surface area contributed by atoms with E-state index in [0.29, 0.717) is 0 Å². The molecule has 4 nitrogen and oxygen atoms in total. The molecule has 0 aliphatic heterocycles. The molecule has 0 aromatic heterocycles. The minimum absolute atomic E-state index is 0. The molecule has 0 heterocycles. The van der Waals surface area contributed by atoms with Crippen molar-refractivity contribution in [2.75, 3.05) is 0 Å². The van der Waals surface area contributed by atoms with Gasteiger partial charge in [0.2, 0.25) is 0 Å². The molecular formula is H5BCaHoO4. The van der Waals surface area contributed by atoms with E-state index in [1.165, 1.54) is 0 Å². The molecule has 0 radical (unpaired) electrons. The van der Waals surface area contributed by atoms with E-state index in [0.717, 1.165) is 35.9 Å². The Kier molecular flexibility index (Phi) is 36.2. The van der Waals surface area contributed by atoms with Crippen LogP contribution < -0.4 is 0 Å². The Labute approximate surface area is 95.5 Å². The van der Waals surface area contributed by atoms with Gasteiger partial charge in [0, 0.05) is 0 Å². The Morgan fingerprint density at radius 1 is 1.14 bits per heavy atom. The van der Waals surface area contributed by atoms with Gasteiger partial charge in [0.15, 0.2) is 0 Å². The van der Waals surface area contributed by atoms with Crippen molar-refractivity contribution in [1.29, 1.82) is 0 Å². The van der Waals surface area contributed by atoms with Gasteiger partial charge < -0.3 is 15.1 Å². The van der Waals surface area contributed by atoms with Crippen LogP contribution >= 0.6 is 0 Å². The van der Waals surface area contributed by atoms with Crippen LogP contribution in [0.3, 0.4) is 0 Å². The molecular weight excluding hydrogens is 280 g/mol. The first-order valence-corrected chi connectivity index (χ1v) is 1.69. The molecule has 0 bridgehead atoms. The Morgan fingerprint density at radius 2 is 1.14 bits per heavy atom.